The number of rotatable bonds is 5. The van der Waals surface area contributed by atoms with Crippen LogP contribution in [0.3, 0.4) is 0 Å². The Hall–Kier alpha value is -3.40. The summed E-state index contributed by atoms with van der Waals surface area (Å²) in [7, 11) is 0. The number of nitrogens with zero attached hydrogens (tertiary/aromatic N) is 6. The van der Waals surface area contributed by atoms with E-state index in [9.17, 15) is 9.18 Å². The fraction of sp³-hybridized carbons (Fsp3) is 0.500. The molecule has 2 fully saturated rings. The maximum absolute atomic E-state index is 14.9. The van der Waals surface area contributed by atoms with Crippen LogP contribution >= 0.6 is 0 Å². The van der Waals surface area contributed by atoms with Gasteiger partial charge in [-0.05, 0) is 50.2 Å². The molecule has 0 spiro atoms. The van der Waals surface area contributed by atoms with E-state index in [1.807, 2.05) is 16.4 Å². The smallest absolute Gasteiger partial charge is 0.272 e. The molecule has 10 heteroatoms. The normalized spacial score (nSPS) is 20.9. The van der Waals surface area contributed by atoms with Gasteiger partial charge in [0.1, 0.15) is 17.2 Å². The van der Waals surface area contributed by atoms with Crippen LogP contribution in [0.1, 0.15) is 55.5 Å². The predicted octanol–water partition coefficient (Wildman–Crippen LogP) is 4.40. The largest absolute Gasteiger partial charge is 0.381 e. The SMILES string of the molecule is Cc1ncc(-c2nc(Nc3ccc(C(=O)N4CC(C)CC(C)C4)nc3)ncc2F)n1C1CCOCC1. The average molecular weight is 494 g/mol. The molecule has 2 atom stereocenters. The van der Waals surface area contributed by atoms with Gasteiger partial charge >= 0.3 is 0 Å². The van der Waals surface area contributed by atoms with Crippen LogP contribution in [0, 0.1) is 24.6 Å². The van der Waals surface area contributed by atoms with Crippen molar-refractivity contribution in [3.63, 3.8) is 0 Å². The summed E-state index contributed by atoms with van der Waals surface area (Å²) in [6.07, 6.45) is 7.21. The lowest BCUT2D eigenvalue weighted by atomic mass is 9.92. The summed E-state index contributed by atoms with van der Waals surface area (Å²) in [6, 6.07) is 3.64. The molecule has 2 aliphatic rings. The molecule has 5 rings (SSSR count). The molecule has 1 amide bonds. The quantitative estimate of drug-likeness (QED) is 0.563. The second kappa shape index (κ2) is 10.3. The van der Waals surface area contributed by atoms with Gasteiger partial charge in [-0.25, -0.2) is 24.3 Å². The second-order valence-electron chi connectivity index (χ2n) is 10.0. The van der Waals surface area contributed by atoms with Crippen molar-refractivity contribution in [2.45, 2.75) is 46.1 Å². The molecule has 2 aliphatic heterocycles. The van der Waals surface area contributed by atoms with Crippen LogP contribution in [0.15, 0.2) is 30.7 Å². The van der Waals surface area contributed by atoms with Crippen LogP contribution in [-0.4, -0.2) is 61.6 Å². The van der Waals surface area contributed by atoms with E-state index in [2.05, 4.69) is 39.1 Å². The zero-order chi connectivity index (χ0) is 25.2. The molecule has 3 aromatic heterocycles. The molecule has 5 heterocycles. The van der Waals surface area contributed by atoms with Gasteiger partial charge in [-0.15, -0.1) is 0 Å². The number of imidazole rings is 1. The third kappa shape index (κ3) is 5.09. The summed E-state index contributed by atoms with van der Waals surface area (Å²) < 4.78 is 22.4. The number of hydrogen-bond donors (Lipinski definition) is 1. The third-order valence-corrected chi connectivity index (χ3v) is 6.92. The minimum atomic E-state index is -0.516. The fourth-order valence-electron chi connectivity index (χ4n) is 5.35. The zero-order valence-electron chi connectivity index (χ0n) is 20.9. The first-order chi connectivity index (χ1) is 17.4. The lowest BCUT2D eigenvalue weighted by Crippen LogP contribution is -2.42. The molecule has 36 heavy (non-hydrogen) atoms. The van der Waals surface area contributed by atoms with Crippen LogP contribution in [0.25, 0.3) is 11.4 Å². The van der Waals surface area contributed by atoms with Crippen molar-refractivity contribution in [3.8, 4) is 11.4 Å². The van der Waals surface area contributed by atoms with Crippen molar-refractivity contribution in [1.29, 1.82) is 0 Å². The highest BCUT2D eigenvalue weighted by Gasteiger charge is 2.27. The molecule has 0 aromatic carbocycles. The number of carbonyl (C=O) groups is 1. The summed E-state index contributed by atoms with van der Waals surface area (Å²) in [5.74, 6) is 1.44. The van der Waals surface area contributed by atoms with E-state index in [0.29, 0.717) is 42.1 Å². The van der Waals surface area contributed by atoms with Gasteiger partial charge in [0.2, 0.25) is 5.95 Å². The van der Waals surface area contributed by atoms with Gasteiger partial charge in [-0.2, -0.15) is 0 Å². The highest BCUT2D eigenvalue weighted by Crippen LogP contribution is 2.31. The summed E-state index contributed by atoms with van der Waals surface area (Å²) in [5.41, 5.74) is 1.82. The van der Waals surface area contributed by atoms with Gasteiger partial charge in [-0.3, -0.25) is 4.79 Å². The molecule has 3 aromatic rings. The number of pyridine rings is 1. The Kier molecular flexibility index (Phi) is 6.95. The number of halogens is 1. The Balaban J connectivity index is 1.34. The first-order valence-electron chi connectivity index (χ1n) is 12.6. The van der Waals surface area contributed by atoms with Crippen molar-refractivity contribution < 1.29 is 13.9 Å². The van der Waals surface area contributed by atoms with Crippen LogP contribution in [0.2, 0.25) is 0 Å². The molecule has 2 saturated heterocycles. The first kappa shape index (κ1) is 24.3. The highest BCUT2D eigenvalue weighted by atomic mass is 19.1. The summed E-state index contributed by atoms with van der Waals surface area (Å²) in [5, 5.41) is 3.08. The van der Waals surface area contributed by atoms with Gasteiger partial charge in [-0.1, -0.05) is 13.8 Å². The molecule has 9 nitrogen and oxygen atoms in total. The zero-order valence-corrected chi connectivity index (χ0v) is 20.9. The van der Waals surface area contributed by atoms with Crippen LogP contribution in [0.5, 0.6) is 0 Å². The van der Waals surface area contributed by atoms with Crippen molar-refractivity contribution in [2.24, 2.45) is 11.8 Å². The Morgan fingerprint density at radius 3 is 2.50 bits per heavy atom. The number of nitrogens with one attached hydrogen (secondary N) is 1. The lowest BCUT2D eigenvalue weighted by Gasteiger charge is -2.34. The molecule has 190 valence electrons. The molecule has 0 bridgehead atoms. The lowest BCUT2D eigenvalue weighted by molar-refractivity contribution is 0.0617. The summed E-state index contributed by atoms with van der Waals surface area (Å²) >= 11 is 0. The maximum Gasteiger partial charge on any atom is 0.272 e. The van der Waals surface area contributed by atoms with Gasteiger partial charge < -0.3 is 19.5 Å². The van der Waals surface area contributed by atoms with Gasteiger partial charge in [0, 0.05) is 32.3 Å². The van der Waals surface area contributed by atoms with Crippen LogP contribution in [-0.2, 0) is 4.74 Å². The molecule has 0 saturated carbocycles. The van der Waals surface area contributed by atoms with Crippen molar-refractivity contribution in [1.82, 2.24) is 29.4 Å². The molecular formula is C26H32FN7O2. The van der Waals surface area contributed by atoms with Crippen LogP contribution in [0.4, 0.5) is 16.0 Å². The Morgan fingerprint density at radius 2 is 1.81 bits per heavy atom. The van der Waals surface area contributed by atoms with Crippen molar-refractivity contribution in [3.05, 3.63) is 48.1 Å². The number of aryl methyl sites for hydroxylation is 1. The second-order valence-corrected chi connectivity index (χ2v) is 10.0. The molecular weight excluding hydrogens is 461 g/mol. The minimum absolute atomic E-state index is 0.0583. The minimum Gasteiger partial charge on any atom is -0.381 e. The monoisotopic (exact) mass is 493 g/mol. The highest BCUT2D eigenvalue weighted by molar-refractivity contribution is 5.92. The topological polar surface area (TPSA) is 98.1 Å². The van der Waals surface area contributed by atoms with Gasteiger partial charge in [0.05, 0.1) is 30.0 Å². The van der Waals surface area contributed by atoms with E-state index >= 15 is 0 Å². The van der Waals surface area contributed by atoms with Crippen molar-refractivity contribution >= 4 is 17.5 Å². The number of hydrogen-bond acceptors (Lipinski definition) is 7. The number of ether oxygens (including phenoxy) is 1. The predicted molar refractivity (Wildman–Crippen MR) is 133 cm³/mol. The standard InChI is InChI=1S/C26H32FN7O2/c1-16-10-17(2)15-33(14-16)25(35)22-5-4-19(11-29-22)31-26-30-12-21(27)24(32-26)23-13-28-18(3)34(23)20-6-8-36-9-7-20/h4-5,11-13,16-17,20H,6-10,14-15H2,1-3H3,(H,30,31,32). The summed E-state index contributed by atoms with van der Waals surface area (Å²) in [4.78, 5) is 32.2. The average Bonchev–Trinajstić information content (AvgIpc) is 3.26. The van der Waals surface area contributed by atoms with Gasteiger partial charge in [0.15, 0.2) is 5.82 Å². The number of piperidine rings is 1. The van der Waals surface area contributed by atoms with E-state index in [1.165, 1.54) is 0 Å². The van der Waals surface area contributed by atoms with E-state index in [0.717, 1.165) is 44.4 Å². The van der Waals surface area contributed by atoms with E-state index in [4.69, 9.17) is 4.74 Å². The summed E-state index contributed by atoms with van der Waals surface area (Å²) in [6.45, 7) is 9.10. The number of aromatic nitrogens is 5. The number of carbonyl (C=O) groups excluding carboxylic acids is 1. The van der Waals surface area contributed by atoms with E-state index in [-0.39, 0.29) is 23.6 Å². The van der Waals surface area contributed by atoms with Gasteiger partial charge in [0.25, 0.3) is 5.91 Å². The molecule has 0 radical (unpaired) electrons. The fourth-order valence-corrected chi connectivity index (χ4v) is 5.35. The number of likely N-dealkylation sites (tertiary alicyclic amines) is 1. The Labute approximate surface area is 210 Å². The van der Waals surface area contributed by atoms with E-state index in [1.54, 1.807) is 24.5 Å². The molecule has 0 aliphatic carbocycles. The van der Waals surface area contributed by atoms with Crippen LogP contribution < -0.4 is 5.32 Å². The number of amides is 1. The van der Waals surface area contributed by atoms with E-state index < -0.39 is 5.82 Å². The molecule has 1 N–H and O–H groups in total. The Morgan fingerprint density at radius 1 is 1.06 bits per heavy atom. The first-order valence-corrected chi connectivity index (χ1v) is 12.6. The maximum atomic E-state index is 14.9. The Bertz CT molecular complexity index is 1210. The third-order valence-electron chi connectivity index (χ3n) is 6.92. The van der Waals surface area contributed by atoms with Crippen molar-refractivity contribution in [2.75, 3.05) is 31.6 Å². The molecule has 2 unspecified atom stereocenters. The number of anilines is 2.